The predicted octanol–water partition coefficient (Wildman–Crippen LogP) is 3.48. The maximum atomic E-state index is 5.46. The van der Waals surface area contributed by atoms with Crippen LogP contribution in [0.1, 0.15) is 10.4 Å². The van der Waals surface area contributed by atoms with Crippen molar-refractivity contribution >= 4 is 60.2 Å². The van der Waals surface area contributed by atoms with Crippen LogP contribution in [-0.4, -0.2) is 6.54 Å². The van der Waals surface area contributed by atoms with Gasteiger partial charge in [0.05, 0.1) is 8.61 Å². The fourth-order valence-electron chi connectivity index (χ4n) is 0.624. The monoisotopic (exact) mass is 363 g/mol. The summed E-state index contributed by atoms with van der Waals surface area (Å²) in [6.07, 6.45) is 0. The topological polar surface area (TPSA) is 26.0 Å². The Bertz CT molecular complexity index is 213. The molecule has 1 aromatic rings. The molecular formula is C6H8Br3NS. The normalized spacial score (nSPS) is 12.3. The van der Waals surface area contributed by atoms with E-state index in [9.17, 15) is 0 Å². The molecule has 0 aromatic carbocycles. The van der Waals surface area contributed by atoms with E-state index < -0.39 is 0 Å². The van der Waals surface area contributed by atoms with Gasteiger partial charge in [-0.25, -0.2) is 0 Å². The van der Waals surface area contributed by atoms with Gasteiger partial charge in [-0.1, -0.05) is 15.9 Å². The number of halogens is 3. The first kappa shape index (κ1) is 12.1. The van der Waals surface area contributed by atoms with E-state index in [0.717, 1.165) is 3.79 Å². The van der Waals surface area contributed by atoms with Gasteiger partial charge < -0.3 is 5.73 Å². The second kappa shape index (κ2) is 5.70. The van der Waals surface area contributed by atoms with Gasteiger partial charge in [0.25, 0.3) is 0 Å². The fraction of sp³-hybridized carbons (Fsp3) is 0.333. The maximum absolute atomic E-state index is 5.46. The Kier molecular flexibility index (Phi) is 6.26. The lowest BCUT2D eigenvalue weighted by atomic mass is 10.2. The van der Waals surface area contributed by atoms with E-state index in [2.05, 4.69) is 43.3 Å². The van der Waals surface area contributed by atoms with Crippen molar-refractivity contribution in [3.63, 3.8) is 0 Å². The summed E-state index contributed by atoms with van der Waals surface area (Å²) < 4.78 is 1.15. The molecule has 0 saturated heterocycles. The molecule has 64 valence electrons. The van der Waals surface area contributed by atoms with Crippen LogP contribution in [0, 0.1) is 0 Å². The van der Waals surface area contributed by atoms with E-state index in [1.165, 1.54) is 5.56 Å². The summed E-state index contributed by atoms with van der Waals surface area (Å²) in [5.41, 5.74) is 6.71. The molecule has 1 heterocycles. The van der Waals surface area contributed by atoms with Crippen LogP contribution in [0.5, 0.6) is 0 Å². The van der Waals surface area contributed by atoms with Crippen LogP contribution >= 0.6 is 60.2 Å². The Balaban J connectivity index is 0.000001000. The molecule has 1 unspecified atom stereocenters. The molecule has 11 heavy (non-hydrogen) atoms. The van der Waals surface area contributed by atoms with Crippen molar-refractivity contribution in [3.05, 3.63) is 20.8 Å². The summed E-state index contributed by atoms with van der Waals surface area (Å²) in [6.45, 7) is 0.642. The molecular weight excluding hydrogens is 358 g/mol. The lowest BCUT2D eigenvalue weighted by molar-refractivity contribution is 0.963. The highest BCUT2D eigenvalue weighted by Gasteiger charge is 2.05. The highest BCUT2D eigenvalue weighted by atomic mass is 79.9. The zero-order chi connectivity index (χ0) is 7.56. The van der Waals surface area contributed by atoms with E-state index in [-0.39, 0.29) is 17.0 Å². The second-order valence-electron chi connectivity index (χ2n) is 1.89. The third-order valence-electron chi connectivity index (χ3n) is 1.16. The molecule has 0 aliphatic heterocycles. The number of nitrogens with two attached hydrogens (primary N) is 1. The number of hydrogen-bond donors (Lipinski definition) is 1. The van der Waals surface area contributed by atoms with Gasteiger partial charge in [0.2, 0.25) is 0 Å². The maximum Gasteiger partial charge on any atom is 0.0701 e. The molecule has 1 rings (SSSR count). The molecule has 0 spiro atoms. The fourth-order valence-corrected chi connectivity index (χ4v) is 2.29. The van der Waals surface area contributed by atoms with E-state index in [4.69, 9.17) is 5.73 Å². The Hall–Kier alpha value is 1.10. The lowest BCUT2D eigenvalue weighted by Gasteiger charge is -2.00. The van der Waals surface area contributed by atoms with E-state index in [1.807, 2.05) is 0 Å². The standard InChI is InChI=1S/C6H7Br2NS.BrH/c7-5(2-9)4-1-6(8)10-3-4;/h1,3,5H,2,9H2;1H. The zero-order valence-corrected chi connectivity index (χ0v) is 11.3. The van der Waals surface area contributed by atoms with Crippen molar-refractivity contribution in [2.24, 2.45) is 5.73 Å². The molecule has 1 atom stereocenters. The van der Waals surface area contributed by atoms with Crippen LogP contribution in [0.3, 0.4) is 0 Å². The smallest absolute Gasteiger partial charge is 0.0701 e. The van der Waals surface area contributed by atoms with Gasteiger partial charge in [0, 0.05) is 6.54 Å². The van der Waals surface area contributed by atoms with Crippen LogP contribution in [0.15, 0.2) is 15.2 Å². The molecule has 5 heteroatoms. The molecule has 0 amide bonds. The summed E-state index contributed by atoms with van der Waals surface area (Å²) in [5, 5.41) is 2.09. The van der Waals surface area contributed by atoms with Crippen LogP contribution in [0.25, 0.3) is 0 Å². The summed E-state index contributed by atoms with van der Waals surface area (Å²) in [7, 11) is 0. The summed E-state index contributed by atoms with van der Waals surface area (Å²) in [5.74, 6) is 0. The van der Waals surface area contributed by atoms with Crippen molar-refractivity contribution in [1.82, 2.24) is 0 Å². The molecule has 1 aromatic heterocycles. The molecule has 1 nitrogen and oxygen atoms in total. The quantitative estimate of drug-likeness (QED) is 0.798. The van der Waals surface area contributed by atoms with Crippen LogP contribution in [0.4, 0.5) is 0 Å². The van der Waals surface area contributed by atoms with Crippen LogP contribution in [-0.2, 0) is 0 Å². The average Bonchev–Trinajstić information content (AvgIpc) is 2.34. The van der Waals surface area contributed by atoms with Crippen molar-refractivity contribution in [2.75, 3.05) is 6.54 Å². The first-order valence-corrected chi connectivity index (χ1v) is 5.41. The minimum Gasteiger partial charge on any atom is -0.329 e. The van der Waals surface area contributed by atoms with Crippen molar-refractivity contribution in [3.8, 4) is 0 Å². The van der Waals surface area contributed by atoms with Crippen molar-refractivity contribution in [2.45, 2.75) is 4.83 Å². The third kappa shape index (κ3) is 3.55. The Morgan fingerprint density at radius 3 is 2.64 bits per heavy atom. The number of hydrogen-bond acceptors (Lipinski definition) is 2. The lowest BCUT2D eigenvalue weighted by Crippen LogP contribution is -2.04. The van der Waals surface area contributed by atoms with Gasteiger partial charge in [-0.05, 0) is 32.9 Å². The average molecular weight is 366 g/mol. The summed E-state index contributed by atoms with van der Waals surface area (Å²) in [4.78, 5) is 0.301. The van der Waals surface area contributed by atoms with Gasteiger partial charge in [-0.2, -0.15) is 0 Å². The Labute approximate surface area is 97.4 Å². The minimum atomic E-state index is 0. The second-order valence-corrected chi connectivity index (χ2v) is 5.28. The SMILES string of the molecule is Br.NCC(Br)c1csc(Br)c1. The van der Waals surface area contributed by atoms with Crippen molar-refractivity contribution in [1.29, 1.82) is 0 Å². The summed E-state index contributed by atoms with van der Waals surface area (Å²) >= 11 is 8.52. The highest BCUT2D eigenvalue weighted by Crippen LogP contribution is 2.29. The van der Waals surface area contributed by atoms with E-state index in [0.29, 0.717) is 11.4 Å². The van der Waals surface area contributed by atoms with Gasteiger partial charge >= 0.3 is 0 Å². The summed E-state index contributed by atoms with van der Waals surface area (Å²) in [6, 6.07) is 2.08. The molecule has 0 radical (unpaired) electrons. The van der Waals surface area contributed by atoms with Crippen LogP contribution in [0.2, 0.25) is 0 Å². The van der Waals surface area contributed by atoms with Gasteiger partial charge in [-0.3, -0.25) is 0 Å². The number of thiophene rings is 1. The number of rotatable bonds is 2. The third-order valence-corrected chi connectivity index (χ3v) is 3.58. The zero-order valence-electron chi connectivity index (χ0n) is 5.59. The molecule has 0 bridgehead atoms. The van der Waals surface area contributed by atoms with E-state index >= 15 is 0 Å². The molecule has 0 saturated carbocycles. The minimum absolute atomic E-state index is 0. The molecule has 0 fully saturated rings. The molecule has 0 aliphatic rings. The Morgan fingerprint density at radius 2 is 2.27 bits per heavy atom. The highest BCUT2D eigenvalue weighted by molar-refractivity contribution is 9.11. The van der Waals surface area contributed by atoms with Gasteiger partial charge in [0.1, 0.15) is 0 Å². The first-order valence-electron chi connectivity index (χ1n) is 2.82. The Morgan fingerprint density at radius 1 is 1.64 bits per heavy atom. The largest absolute Gasteiger partial charge is 0.329 e. The van der Waals surface area contributed by atoms with Crippen LogP contribution < -0.4 is 5.73 Å². The predicted molar refractivity (Wildman–Crippen MR) is 63.1 cm³/mol. The van der Waals surface area contributed by atoms with Gasteiger partial charge in [0.15, 0.2) is 0 Å². The van der Waals surface area contributed by atoms with E-state index in [1.54, 1.807) is 11.3 Å². The first-order chi connectivity index (χ1) is 4.74. The number of alkyl halides is 1. The van der Waals surface area contributed by atoms with Gasteiger partial charge in [-0.15, -0.1) is 28.3 Å². The molecule has 0 aliphatic carbocycles. The van der Waals surface area contributed by atoms with Crippen molar-refractivity contribution < 1.29 is 0 Å². The molecule has 2 N–H and O–H groups in total.